The van der Waals surface area contributed by atoms with E-state index in [2.05, 4.69) is 69.4 Å². The number of amides is 1. The first kappa shape index (κ1) is 21.2. The number of para-hydroxylation sites is 2. The van der Waals surface area contributed by atoms with Crippen LogP contribution in [0.25, 0.3) is 22.4 Å². The number of likely N-dealkylation sites (tertiary alicyclic amines) is 1. The van der Waals surface area contributed by atoms with Crippen LogP contribution in [0.1, 0.15) is 25.3 Å². The maximum absolute atomic E-state index is 12.8. The Labute approximate surface area is 199 Å². The number of rotatable bonds is 4. The van der Waals surface area contributed by atoms with Gasteiger partial charge in [0.25, 0.3) is 0 Å². The number of thioether (sulfide) groups is 1. The van der Waals surface area contributed by atoms with Crippen molar-refractivity contribution < 1.29 is 4.79 Å². The minimum absolute atomic E-state index is 0.00583. The first-order valence-electron chi connectivity index (χ1n) is 12.1. The van der Waals surface area contributed by atoms with Gasteiger partial charge in [0.2, 0.25) is 5.91 Å². The summed E-state index contributed by atoms with van der Waals surface area (Å²) in [6, 6.07) is 20.0. The monoisotopic (exact) mass is 461 g/mol. The van der Waals surface area contributed by atoms with Crippen LogP contribution in [0.4, 0.5) is 0 Å². The lowest BCUT2D eigenvalue weighted by atomic mass is 10.0. The van der Waals surface area contributed by atoms with Gasteiger partial charge in [-0.05, 0) is 31.4 Å². The zero-order chi connectivity index (χ0) is 22.2. The summed E-state index contributed by atoms with van der Waals surface area (Å²) >= 11 is 1.86. The SMILES string of the molecule is O=C([C@@H]1C[C@H](N2CCC(n3c(-c4ccccc4)nc4ccccc43)CC2)CN1)N1CCSC1. The van der Waals surface area contributed by atoms with Crippen LogP contribution in [0.2, 0.25) is 0 Å². The molecule has 2 atom stereocenters. The molecule has 33 heavy (non-hydrogen) atoms. The van der Waals surface area contributed by atoms with Crippen molar-refractivity contribution in [2.45, 2.75) is 37.4 Å². The highest BCUT2D eigenvalue weighted by Crippen LogP contribution is 2.34. The van der Waals surface area contributed by atoms with Crippen LogP contribution in [0.5, 0.6) is 0 Å². The molecule has 0 unspecified atom stereocenters. The summed E-state index contributed by atoms with van der Waals surface area (Å²) in [5.74, 6) is 3.31. The number of carbonyl (C=O) groups is 1. The standard InChI is InChI=1S/C26H31N5OS/c32-26(30-14-15-33-18-30)23-16-21(17-27-23)29-12-10-20(11-13-29)31-24-9-5-4-8-22(24)28-25(31)19-6-2-1-3-7-19/h1-9,20-21,23,27H,10-18H2/t21-,23-/m0/s1. The lowest BCUT2D eigenvalue weighted by Gasteiger charge is -2.37. The fraction of sp³-hybridized carbons (Fsp3) is 0.462. The second kappa shape index (κ2) is 9.12. The third-order valence-electron chi connectivity index (χ3n) is 7.48. The van der Waals surface area contributed by atoms with Gasteiger partial charge in [-0.2, -0.15) is 0 Å². The van der Waals surface area contributed by atoms with Crippen LogP contribution in [0, 0.1) is 0 Å². The second-order valence-electron chi connectivity index (χ2n) is 9.42. The van der Waals surface area contributed by atoms with Crippen LogP contribution in [0.15, 0.2) is 54.6 Å². The molecule has 0 spiro atoms. The van der Waals surface area contributed by atoms with E-state index in [1.807, 2.05) is 16.7 Å². The van der Waals surface area contributed by atoms with Crippen LogP contribution < -0.4 is 5.32 Å². The van der Waals surface area contributed by atoms with Crippen molar-refractivity contribution in [3.63, 3.8) is 0 Å². The van der Waals surface area contributed by atoms with Crippen molar-refractivity contribution in [2.24, 2.45) is 0 Å². The zero-order valence-corrected chi connectivity index (χ0v) is 19.7. The van der Waals surface area contributed by atoms with Crippen molar-refractivity contribution in [2.75, 3.05) is 37.8 Å². The Morgan fingerprint density at radius 2 is 1.76 bits per heavy atom. The Morgan fingerprint density at radius 3 is 2.55 bits per heavy atom. The average molecular weight is 462 g/mol. The van der Waals surface area contributed by atoms with Crippen LogP contribution in [-0.2, 0) is 4.79 Å². The molecular formula is C26H31N5OS. The number of fused-ring (bicyclic) bond motifs is 1. The topological polar surface area (TPSA) is 53.4 Å². The first-order chi connectivity index (χ1) is 16.3. The normalized spacial score (nSPS) is 24.7. The first-order valence-corrected chi connectivity index (χ1v) is 13.3. The maximum atomic E-state index is 12.8. The molecule has 7 heteroatoms. The minimum Gasteiger partial charge on any atom is -0.331 e. The zero-order valence-electron chi connectivity index (χ0n) is 18.9. The number of aromatic nitrogens is 2. The molecule has 3 aliphatic heterocycles. The molecule has 6 nitrogen and oxygen atoms in total. The largest absolute Gasteiger partial charge is 0.331 e. The number of hydrogen-bond acceptors (Lipinski definition) is 5. The van der Waals surface area contributed by atoms with E-state index >= 15 is 0 Å². The molecule has 1 N–H and O–H groups in total. The van der Waals surface area contributed by atoms with Crippen LogP contribution >= 0.6 is 11.8 Å². The molecule has 0 aliphatic carbocycles. The third-order valence-corrected chi connectivity index (χ3v) is 8.44. The predicted molar refractivity (Wildman–Crippen MR) is 134 cm³/mol. The molecule has 6 rings (SSSR count). The summed E-state index contributed by atoms with van der Waals surface area (Å²) in [7, 11) is 0. The fourth-order valence-corrected chi connectivity index (χ4v) is 6.66. The Morgan fingerprint density at radius 1 is 0.970 bits per heavy atom. The molecule has 4 heterocycles. The Hall–Kier alpha value is -2.35. The fourth-order valence-electron chi connectivity index (χ4n) is 5.71. The van der Waals surface area contributed by atoms with E-state index in [0.29, 0.717) is 18.0 Å². The van der Waals surface area contributed by atoms with Crippen LogP contribution in [-0.4, -0.2) is 75.2 Å². The van der Waals surface area contributed by atoms with Gasteiger partial charge in [-0.1, -0.05) is 42.5 Å². The molecular weight excluding hydrogens is 430 g/mol. The van der Waals surface area contributed by atoms with Crippen molar-refractivity contribution in [1.29, 1.82) is 0 Å². The third kappa shape index (κ3) is 4.07. The molecule has 2 aromatic carbocycles. The lowest BCUT2D eigenvalue weighted by Crippen LogP contribution is -2.43. The molecule has 1 amide bonds. The highest BCUT2D eigenvalue weighted by Gasteiger charge is 2.37. The summed E-state index contributed by atoms with van der Waals surface area (Å²) in [5, 5.41) is 3.52. The molecule has 0 saturated carbocycles. The van der Waals surface area contributed by atoms with E-state index in [4.69, 9.17) is 4.98 Å². The van der Waals surface area contributed by atoms with Gasteiger partial charge < -0.3 is 14.8 Å². The van der Waals surface area contributed by atoms with Gasteiger partial charge in [-0.15, -0.1) is 11.8 Å². The highest BCUT2D eigenvalue weighted by molar-refractivity contribution is 7.99. The molecule has 3 aromatic rings. The van der Waals surface area contributed by atoms with Gasteiger partial charge >= 0.3 is 0 Å². The van der Waals surface area contributed by atoms with Crippen LogP contribution in [0.3, 0.4) is 0 Å². The number of imidazole rings is 1. The summed E-state index contributed by atoms with van der Waals surface area (Å²) in [4.78, 5) is 22.4. The van der Waals surface area contributed by atoms with Gasteiger partial charge in [0.1, 0.15) is 5.82 Å². The van der Waals surface area contributed by atoms with Crippen molar-refractivity contribution in [1.82, 2.24) is 24.7 Å². The smallest absolute Gasteiger partial charge is 0.240 e. The second-order valence-corrected chi connectivity index (χ2v) is 10.5. The molecule has 3 saturated heterocycles. The van der Waals surface area contributed by atoms with Gasteiger partial charge in [-0.25, -0.2) is 4.98 Å². The molecule has 3 aliphatic rings. The summed E-state index contributed by atoms with van der Waals surface area (Å²) in [6.07, 6.45) is 3.16. The maximum Gasteiger partial charge on any atom is 0.240 e. The van der Waals surface area contributed by atoms with E-state index in [0.717, 1.165) is 68.4 Å². The molecule has 1 aromatic heterocycles. The summed E-state index contributed by atoms with van der Waals surface area (Å²) < 4.78 is 2.48. The van der Waals surface area contributed by atoms with Crippen molar-refractivity contribution in [3.05, 3.63) is 54.6 Å². The van der Waals surface area contributed by atoms with E-state index in [-0.39, 0.29) is 6.04 Å². The van der Waals surface area contributed by atoms with E-state index < -0.39 is 0 Å². The van der Waals surface area contributed by atoms with E-state index in [9.17, 15) is 4.79 Å². The predicted octanol–water partition coefficient (Wildman–Crippen LogP) is 3.60. The van der Waals surface area contributed by atoms with Gasteiger partial charge in [-0.3, -0.25) is 9.69 Å². The number of carbonyl (C=O) groups excluding carboxylic acids is 1. The Bertz CT molecular complexity index is 1120. The van der Waals surface area contributed by atoms with Gasteiger partial charge in [0, 0.05) is 49.6 Å². The quantitative estimate of drug-likeness (QED) is 0.643. The molecule has 172 valence electrons. The number of nitrogens with one attached hydrogen (secondary N) is 1. The molecule has 0 radical (unpaired) electrons. The number of benzene rings is 2. The average Bonchev–Trinajstić information content (AvgIpc) is 3.64. The number of piperidine rings is 1. The van der Waals surface area contributed by atoms with Crippen molar-refractivity contribution >= 4 is 28.7 Å². The highest BCUT2D eigenvalue weighted by atomic mass is 32.2. The lowest BCUT2D eigenvalue weighted by molar-refractivity contribution is -0.131. The molecule has 0 bridgehead atoms. The Balaban J connectivity index is 1.16. The van der Waals surface area contributed by atoms with Gasteiger partial charge in [0.05, 0.1) is 23.0 Å². The summed E-state index contributed by atoms with van der Waals surface area (Å²) in [6.45, 7) is 3.96. The minimum atomic E-state index is -0.00583. The summed E-state index contributed by atoms with van der Waals surface area (Å²) in [5.41, 5.74) is 3.48. The van der Waals surface area contributed by atoms with E-state index in [1.165, 1.54) is 11.1 Å². The molecule has 3 fully saturated rings. The number of nitrogens with zero attached hydrogens (tertiary/aromatic N) is 4. The van der Waals surface area contributed by atoms with Gasteiger partial charge in [0.15, 0.2) is 0 Å². The Kier molecular flexibility index (Phi) is 5.86. The van der Waals surface area contributed by atoms with E-state index in [1.54, 1.807) is 0 Å². The number of hydrogen-bond donors (Lipinski definition) is 1. The van der Waals surface area contributed by atoms with Crippen molar-refractivity contribution in [3.8, 4) is 11.4 Å².